The van der Waals surface area contributed by atoms with E-state index in [-0.39, 0.29) is 5.92 Å². The molecule has 3 atom stereocenters. The number of carbonyl (C=O) groups excluding carboxylic acids is 2. The first-order chi connectivity index (χ1) is 12.5. The number of amides is 1. The molecule has 1 saturated heterocycles. The van der Waals surface area contributed by atoms with Crippen molar-refractivity contribution in [2.75, 3.05) is 13.7 Å². The van der Waals surface area contributed by atoms with Crippen LogP contribution in [0.15, 0.2) is 33.5 Å². The Balaban J connectivity index is 2.59. The third-order valence-corrected chi connectivity index (χ3v) is 6.50. The highest BCUT2D eigenvalue weighted by Gasteiger charge is 2.42. The van der Waals surface area contributed by atoms with Crippen molar-refractivity contribution in [1.29, 1.82) is 0 Å². The van der Waals surface area contributed by atoms with Crippen LogP contribution < -0.4 is 0 Å². The predicted octanol–water partition coefficient (Wildman–Crippen LogP) is 3.56. The third-order valence-electron chi connectivity index (χ3n) is 4.18. The summed E-state index contributed by atoms with van der Waals surface area (Å²) >= 11 is 0. The number of aryl methyl sites for hydroxylation is 1. The maximum Gasteiger partial charge on any atom is 0.443 e. The van der Waals surface area contributed by atoms with Crippen molar-refractivity contribution in [3.05, 3.63) is 29.8 Å². The molecule has 27 heavy (non-hydrogen) atoms. The van der Waals surface area contributed by atoms with E-state index in [1.165, 1.54) is 11.4 Å². The maximum atomic E-state index is 14.0. The van der Waals surface area contributed by atoms with Gasteiger partial charge in [0, 0.05) is 6.54 Å². The van der Waals surface area contributed by atoms with E-state index < -0.39 is 33.6 Å². The van der Waals surface area contributed by atoms with Gasteiger partial charge >= 0.3 is 12.1 Å². The lowest BCUT2D eigenvalue weighted by Crippen LogP contribution is -2.41. The molecule has 0 saturated carbocycles. The Morgan fingerprint density at radius 3 is 2.33 bits per heavy atom. The van der Waals surface area contributed by atoms with Crippen LogP contribution in [0, 0.1) is 12.8 Å². The average Bonchev–Trinajstić information content (AvgIpc) is 2.95. The van der Waals surface area contributed by atoms with Gasteiger partial charge in [-0.3, -0.25) is 4.79 Å². The molecule has 1 aliphatic heterocycles. The fourth-order valence-electron chi connectivity index (χ4n) is 2.97. The summed E-state index contributed by atoms with van der Waals surface area (Å²) in [4.78, 5) is 25.0. The lowest BCUT2D eigenvalue weighted by molar-refractivity contribution is -0.144. The Morgan fingerprint density at radius 1 is 1.22 bits per heavy atom. The van der Waals surface area contributed by atoms with Crippen LogP contribution in [0.5, 0.6) is 0 Å². The van der Waals surface area contributed by atoms with Gasteiger partial charge in [-0.1, -0.05) is 24.6 Å². The molecule has 150 valence electrons. The van der Waals surface area contributed by atoms with Crippen LogP contribution in [-0.4, -0.2) is 45.9 Å². The molecule has 1 heterocycles. The zero-order chi connectivity index (χ0) is 20.4. The van der Waals surface area contributed by atoms with Gasteiger partial charge in [0.2, 0.25) is 0 Å². The van der Waals surface area contributed by atoms with Gasteiger partial charge in [0.1, 0.15) is 11.6 Å². The summed E-state index contributed by atoms with van der Waals surface area (Å²) in [5.41, 5.74) is 0.214. The maximum absolute atomic E-state index is 14.0. The molecule has 8 heteroatoms. The van der Waals surface area contributed by atoms with Gasteiger partial charge in [-0.15, -0.1) is 4.36 Å². The molecule has 0 bridgehead atoms. The van der Waals surface area contributed by atoms with Gasteiger partial charge in [0.15, 0.2) is 9.92 Å². The first-order valence-electron chi connectivity index (χ1n) is 8.87. The van der Waals surface area contributed by atoms with E-state index in [9.17, 15) is 13.8 Å². The van der Waals surface area contributed by atoms with Crippen LogP contribution in [0.2, 0.25) is 0 Å². The van der Waals surface area contributed by atoms with Crippen LogP contribution in [0.4, 0.5) is 4.79 Å². The second-order valence-electron chi connectivity index (χ2n) is 7.86. The number of hydrogen-bond acceptors (Lipinski definition) is 5. The van der Waals surface area contributed by atoms with Gasteiger partial charge in [0.05, 0.1) is 12.0 Å². The van der Waals surface area contributed by atoms with E-state index in [0.717, 1.165) is 5.56 Å². The second-order valence-corrected chi connectivity index (χ2v) is 9.98. The lowest BCUT2D eigenvalue weighted by atomic mass is 10.1. The number of benzene rings is 1. The van der Waals surface area contributed by atoms with Crippen molar-refractivity contribution in [3.63, 3.8) is 0 Å². The van der Waals surface area contributed by atoms with Crippen LogP contribution in [-0.2, 0) is 24.2 Å². The molecule has 2 rings (SSSR count). The summed E-state index contributed by atoms with van der Waals surface area (Å²) in [6.45, 7) is 9.36. The highest BCUT2D eigenvalue weighted by atomic mass is 32.2. The van der Waals surface area contributed by atoms with Crippen LogP contribution in [0.1, 0.15) is 39.7 Å². The fourth-order valence-corrected chi connectivity index (χ4v) is 5.15. The summed E-state index contributed by atoms with van der Waals surface area (Å²) < 4.78 is 29.6. The van der Waals surface area contributed by atoms with Crippen molar-refractivity contribution in [2.45, 2.75) is 57.6 Å². The second kappa shape index (κ2) is 7.98. The first-order valence-corrected chi connectivity index (χ1v) is 10.3. The Hall–Kier alpha value is -1.93. The largest absolute Gasteiger partial charge is 0.468 e. The van der Waals surface area contributed by atoms with E-state index in [2.05, 4.69) is 4.36 Å². The van der Waals surface area contributed by atoms with Gasteiger partial charge in [-0.25, -0.2) is 9.00 Å². The standard InChI is InChI=1S/C19H28N2O5S/c1-13-7-9-15(10-8-13)27(24,20-18(23)26-19(3,4)5)21-12-14(2)11-16(21)17(22)25-6/h7-10,14,16H,11-12H2,1-6H3/t14-,16-,27+/m0/s1. The van der Waals surface area contributed by atoms with Crippen molar-refractivity contribution < 1.29 is 23.3 Å². The molecule has 0 aromatic heterocycles. The Labute approximate surface area is 161 Å². The smallest absolute Gasteiger partial charge is 0.443 e. The van der Waals surface area contributed by atoms with Crippen LogP contribution in [0.3, 0.4) is 0 Å². The number of hydrogen-bond donors (Lipinski definition) is 0. The molecule has 1 fully saturated rings. The summed E-state index contributed by atoms with van der Waals surface area (Å²) in [6.07, 6.45) is -0.435. The lowest BCUT2D eigenvalue weighted by Gasteiger charge is -2.26. The van der Waals surface area contributed by atoms with Gasteiger partial charge in [0.25, 0.3) is 0 Å². The van der Waals surface area contributed by atoms with Crippen molar-refractivity contribution >= 4 is 22.0 Å². The third kappa shape index (κ3) is 5.07. The summed E-state index contributed by atoms with van der Waals surface area (Å²) in [6, 6.07) is 6.20. The molecule has 0 spiro atoms. The molecule has 1 amide bonds. The monoisotopic (exact) mass is 396 g/mol. The quantitative estimate of drug-likeness (QED) is 0.729. The molecule has 1 aromatic carbocycles. The zero-order valence-electron chi connectivity index (χ0n) is 16.7. The van der Waals surface area contributed by atoms with Gasteiger partial charge in [-0.2, -0.15) is 4.31 Å². The van der Waals surface area contributed by atoms with E-state index >= 15 is 0 Å². The Bertz CT molecular complexity index is 819. The number of methoxy groups -OCH3 is 1. The van der Waals surface area contributed by atoms with E-state index in [1.807, 2.05) is 13.8 Å². The molecule has 0 N–H and O–H groups in total. The van der Waals surface area contributed by atoms with E-state index in [4.69, 9.17) is 9.47 Å². The normalized spacial score (nSPS) is 22.7. The van der Waals surface area contributed by atoms with Gasteiger partial charge < -0.3 is 9.47 Å². The topological polar surface area (TPSA) is 85.3 Å². The number of esters is 1. The van der Waals surface area contributed by atoms with Crippen molar-refractivity contribution in [3.8, 4) is 0 Å². The molecule has 0 aliphatic carbocycles. The van der Waals surface area contributed by atoms with Crippen molar-refractivity contribution in [2.24, 2.45) is 10.3 Å². The van der Waals surface area contributed by atoms with Crippen LogP contribution >= 0.6 is 0 Å². The molecule has 0 radical (unpaired) electrons. The van der Waals surface area contributed by atoms with Gasteiger partial charge in [-0.05, 0) is 52.2 Å². The number of ether oxygens (including phenoxy) is 2. The molecule has 0 unspecified atom stereocenters. The zero-order valence-corrected chi connectivity index (χ0v) is 17.5. The predicted molar refractivity (Wildman–Crippen MR) is 103 cm³/mol. The average molecular weight is 397 g/mol. The molecule has 7 nitrogen and oxygen atoms in total. The number of carbonyl (C=O) groups is 2. The minimum absolute atomic E-state index is 0.106. The number of nitrogens with zero attached hydrogens (tertiary/aromatic N) is 2. The summed E-state index contributed by atoms with van der Waals surface area (Å²) in [7, 11) is -2.09. The summed E-state index contributed by atoms with van der Waals surface area (Å²) in [5.74, 6) is -0.382. The highest BCUT2D eigenvalue weighted by Crippen LogP contribution is 2.32. The molecular formula is C19H28N2O5S. The molecular weight excluding hydrogens is 368 g/mol. The van der Waals surface area contributed by atoms with Crippen LogP contribution in [0.25, 0.3) is 0 Å². The highest BCUT2D eigenvalue weighted by molar-refractivity contribution is 7.91. The molecule has 1 aliphatic rings. The first kappa shape index (κ1) is 21.4. The number of rotatable bonds is 3. The SMILES string of the molecule is COC(=O)[C@@H]1C[C@H](C)CN1[S@](=O)(=NC(=O)OC(C)(C)C)c1ccc(C)cc1. The van der Waals surface area contributed by atoms with Crippen molar-refractivity contribution in [1.82, 2.24) is 4.31 Å². The Morgan fingerprint density at radius 2 is 1.81 bits per heavy atom. The Kier molecular flexibility index (Phi) is 6.32. The summed E-state index contributed by atoms with van der Waals surface area (Å²) in [5, 5.41) is 0. The molecule has 1 aromatic rings. The fraction of sp³-hybridized carbons (Fsp3) is 0.579. The minimum Gasteiger partial charge on any atom is -0.468 e. The van der Waals surface area contributed by atoms with E-state index in [1.54, 1.807) is 45.0 Å². The van der Waals surface area contributed by atoms with E-state index in [0.29, 0.717) is 17.9 Å². The minimum atomic E-state index is -3.39.